The van der Waals surface area contributed by atoms with E-state index >= 15 is 0 Å². The molecular formula is C21H26ClN3O2. The van der Waals surface area contributed by atoms with Crippen molar-refractivity contribution in [3.8, 4) is 0 Å². The maximum absolute atomic E-state index is 12.8. The zero-order valence-corrected chi connectivity index (χ0v) is 17.1. The third-order valence-corrected chi connectivity index (χ3v) is 5.31. The highest BCUT2D eigenvalue weighted by Gasteiger charge is 2.33. The summed E-state index contributed by atoms with van der Waals surface area (Å²) < 4.78 is 0. The van der Waals surface area contributed by atoms with Gasteiger partial charge in [-0.25, -0.2) is 4.98 Å². The molecule has 2 amide bonds. The van der Waals surface area contributed by atoms with Crippen LogP contribution in [0.25, 0.3) is 10.9 Å². The number of hydrogen-bond acceptors (Lipinski definition) is 3. The highest BCUT2D eigenvalue weighted by Crippen LogP contribution is 2.27. The van der Waals surface area contributed by atoms with Crippen LogP contribution in [0, 0.1) is 18.3 Å². The van der Waals surface area contributed by atoms with Crippen molar-refractivity contribution in [2.45, 2.75) is 40.5 Å². The van der Waals surface area contributed by atoms with E-state index in [9.17, 15) is 9.59 Å². The smallest absolute Gasteiger partial charge is 0.230 e. The second-order valence-electron chi connectivity index (χ2n) is 8.29. The van der Waals surface area contributed by atoms with Crippen molar-refractivity contribution in [1.29, 1.82) is 0 Å². The van der Waals surface area contributed by atoms with Crippen LogP contribution in [0.5, 0.6) is 0 Å². The first-order valence-corrected chi connectivity index (χ1v) is 9.71. The van der Waals surface area contributed by atoms with E-state index in [2.05, 4.69) is 10.3 Å². The molecule has 0 radical (unpaired) electrons. The Morgan fingerprint density at radius 1 is 1.22 bits per heavy atom. The molecule has 3 rings (SSSR count). The Morgan fingerprint density at radius 3 is 2.67 bits per heavy atom. The van der Waals surface area contributed by atoms with Crippen molar-refractivity contribution < 1.29 is 9.59 Å². The van der Waals surface area contributed by atoms with Crippen LogP contribution in [-0.4, -0.2) is 34.8 Å². The minimum absolute atomic E-state index is 0.0899. The Morgan fingerprint density at radius 2 is 1.96 bits per heavy atom. The summed E-state index contributed by atoms with van der Waals surface area (Å²) in [6, 6.07) is 7.42. The molecule has 1 N–H and O–H groups in total. The predicted molar refractivity (Wildman–Crippen MR) is 109 cm³/mol. The van der Waals surface area contributed by atoms with E-state index < -0.39 is 5.41 Å². The lowest BCUT2D eigenvalue weighted by Crippen LogP contribution is -2.47. The molecule has 0 bridgehead atoms. The molecule has 0 spiro atoms. The summed E-state index contributed by atoms with van der Waals surface area (Å²) in [5.74, 6) is 0.294. The molecule has 1 aliphatic heterocycles. The van der Waals surface area contributed by atoms with E-state index in [1.807, 2.05) is 50.8 Å². The number of nitrogens with zero attached hydrogens (tertiary/aromatic N) is 2. The maximum Gasteiger partial charge on any atom is 0.230 e. The van der Waals surface area contributed by atoms with Gasteiger partial charge in [0.2, 0.25) is 11.8 Å². The Bertz CT molecular complexity index is 889. The minimum Gasteiger partial charge on any atom is -0.341 e. The van der Waals surface area contributed by atoms with Crippen LogP contribution in [0.3, 0.4) is 0 Å². The van der Waals surface area contributed by atoms with Gasteiger partial charge in [-0.3, -0.25) is 9.59 Å². The molecule has 1 aliphatic rings. The van der Waals surface area contributed by atoms with Crippen LogP contribution < -0.4 is 5.32 Å². The van der Waals surface area contributed by atoms with Crippen LogP contribution >= 0.6 is 11.6 Å². The normalized spacial score (nSPS) is 17.8. The third kappa shape index (κ3) is 4.24. The molecule has 2 heterocycles. The molecule has 144 valence electrons. The first kappa shape index (κ1) is 19.6. The Kier molecular flexibility index (Phi) is 5.43. The number of likely N-dealkylation sites (tertiary alicyclic amines) is 1. The fraction of sp³-hybridized carbons (Fsp3) is 0.476. The molecule has 1 fully saturated rings. The summed E-state index contributed by atoms with van der Waals surface area (Å²) >= 11 is 6.23. The average Bonchev–Trinajstić information content (AvgIpc) is 2.63. The van der Waals surface area contributed by atoms with Gasteiger partial charge in [0.15, 0.2) is 0 Å². The number of piperidine rings is 1. The van der Waals surface area contributed by atoms with Gasteiger partial charge in [0, 0.05) is 28.9 Å². The first-order chi connectivity index (χ1) is 12.7. The van der Waals surface area contributed by atoms with E-state index in [0.717, 1.165) is 29.3 Å². The van der Waals surface area contributed by atoms with E-state index in [1.54, 1.807) is 6.07 Å². The van der Waals surface area contributed by atoms with E-state index in [4.69, 9.17) is 11.6 Å². The predicted octanol–water partition coefficient (Wildman–Crippen LogP) is 4.42. The first-order valence-electron chi connectivity index (χ1n) is 9.33. The maximum atomic E-state index is 12.8. The van der Waals surface area contributed by atoms with Gasteiger partial charge in [-0.15, -0.1) is 0 Å². The number of amides is 2. The lowest BCUT2D eigenvalue weighted by Gasteiger charge is -2.35. The number of aryl methyl sites for hydroxylation is 1. The lowest BCUT2D eigenvalue weighted by atomic mass is 9.91. The van der Waals surface area contributed by atoms with E-state index in [-0.39, 0.29) is 17.7 Å². The summed E-state index contributed by atoms with van der Waals surface area (Å²) in [5.41, 5.74) is 1.35. The number of nitrogens with one attached hydrogen (secondary N) is 1. The number of carbonyl (C=O) groups excluding carboxylic acids is 2. The second kappa shape index (κ2) is 7.47. The van der Waals surface area contributed by atoms with Crippen molar-refractivity contribution >= 4 is 40.1 Å². The molecule has 27 heavy (non-hydrogen) atoms. The van der Waals surface area contributed by atoms with Gasteiger partial charge in [0.1, 0.15) is 5.82 Å². The number of carbonyl (C=O) groups is 2. The van der Waals surface area contributed by atoms with Crippen LogP contribution in [-0.2, 0) is 9.59 Å². The van der Waals surface area contributed by atoms with Gasteiger partial charge in [-0.1, -0.05) is 38.4 Å². The molecule has 5 nitrogen and oxygen atoms in total. The van der Waals surface area contributed by atoms with Crippen LogP contribution in [0.15, 0.2) is 24.3 Å². The van der Waals surface area contributed by atoms with Gasteiger partial charge in [-0.2, -0.15) is 0 Å². The molecule has 0 unspecified atom stereocenters. The largest absolute Gasteiger partial charge is 0.341 e. The molecule has 0 saturated carbocycles. The SMILES string of the molecule is Cc1ccc(Cl)c2ccc(NC(=O)[C@H]3CCCN(C(=O)C(C)(C)C)C3)nc12. The van der Waals surface area contributed by atoms with Crippen molar-refractivity contribution in [2.75, 3.05) is 18.4 Å². The number of benzene rings is 1. The van der Waals surface area contributed by atoms with Crippen LogP contribution in [0.4, 0.5) is 5.82 Å². The zero-order chi connectivity index (χ0) is 19.8. The fourth-order valence-electron chi connectivity index (χ4n) is 3.47. The number of pyridine rings is 1. The van der Waals surface area contributed by atoms with Crippen molar-refractivity contribution in [2.24, 2.45) is 11.3 Å². The summed E-state index contributed by atoms with van der Waals surface area (Å²) in [6.45, 7) is 8.86. The number of anilines is 1. The Hall–Kier alpha value is -2.14. The molecule has 6 heteroatoms. The van der Waals surface area contributed by atoms with Gasteiger partial charge in [0.25, 0.3) is 0 Å². The highest BCUT2D eigenvalue weighted by molar-refractivity contribution is 6.35. The van der Waals surface area contributed by atoms with Crippen LogP contribution in [0.1, 0.15) is 39.2 Å². The highest BCUT2D eigenvalue weighted by atomic mass is 35.5. The molecule has 1 aromatic heterocycles. The van der Waals surface area contributed by atoms with E-state index in [0.29, 0.717) is 23.9 Å². The molecule has 1 aromatic carbocycles. The standard InChI is InChI=1S/C21H26ClN3O2/c1-13-7-9-16(22)15-8-10-17(23-18(13)15)24-19(26)14-6-5-11-25(12-14)20(27)21(2,3)4/h7-10,14H,5-6,11-12H2,1-4H3,(H,23,24,26)/t14-/m0/s1. The van der Waals surface area contributed by atoms with Gasteiger partial charge in [-0.05, 0) is 43.5 Å². The molecule has 1 saturated heterocycles. The summed E-state index contributed by atoms with van der Waals surface area (Å²) in [6.07, 6.45) is 1.61. The molecule has 1 atom stereocenters. The summed E-state index contributed by atoms with van der Waals surface area (Å²) in [7, 11) is 0. The van der Waals surface area contributed by atoms with Crippen molar-refractivity contribution in [3.63, 3.8) is 0 Å². The second-order valence-corrected chi connectivity index (χ2v) is 8.69. The topological polar surface area (TPSA) is 62.3 Å². The summed E-state index contributed by atoms with van der Waals surface area (Å²) in [5, 5.41) is 4.43. The molecule has 2 aromatic rings. The lowest BCUT2D eigenvalue weighted by molar-refractivity contribution is -0.142. The average molecular weight is 388 g/mol. The van der Waals surface area contributed by atoms with Crippen molar-refractivity contribution in [1.82, 2.24) is 9.88 Å². The van der Waals surface area contributed by atoms with Gasteiger partial charge in [0.05, 0.1) is 11.4 Å². The van der Waals surface area contributed by atoms with Gasteiger partial charge < -0.3 is 10.2 Å². The Labute approximate surface area is 165 Å². The third-order valence-electron chi connectivity index (χ3n) is 4.98. The summed E-state index contributed by atoms with van der Waals surface area (Å²) in [4.78, 5) is 31.7. The van der Waals surface area contributed by atoms with Gasteiger partial charge >= 0.3 is 0 Å². The molecule has 0 aliphatic carbocycles. The molecular weight excluding hydrogens is 362 g/mol. The quantitative estimate of drug-likeness (QED) is 0.829. The van der Waals surface area contributed by atoms with Crippen molar-refractivity contribution in [3.05, 3.63) is 34.9 Å². The zero-order valence-electron chi connectivity index (χ0n) is 16.3. The Balaban J connectivity index is 1.74. The number of halogens is 1. The van der Waals surface area contributed by atoms with E-state index in [1.165, 1.54) is 0 Å². The fourth-order valence-corrected chi connectivity index (χ4v) is 3.68. The number of rotatable bonds is 2. The number of aromatic nitrogens is 1. The number of fused-ring (bicyclic) bond motifs is 1. The number of hydrogen-bond donors (Lipinski definition) is 1. The minimum atomic E-state index is -0.435. The monoisotopic (exact) mass is 387 g/mol. The van der Waals surface area contributed by atoms with Crippen LogP contribution in [0.2, 0.25) is 5.02 Å².